The number of anilines is 2. The summed E-state index contributed by atoms with van der Waals surface area (Å²) in [4.78, 5) is 31.5. The molecule has 0 radical (unpaired) electrons. The average molecular weight is 434 g/mol. The van der Waals surface area contributed by atoms with E-state index in [9.17, 15) is 4.79 Å². The molecule has 9 heteroatoms. The van der Waals surface area contributed by atoms with Crippen LogP contribution in [0.15, 0.2) is 42.7 Å². The summed E-state index contributed by atoms with van der Waals surface area (Å²) in [6.07, 6.45) is 5.57. The second-order valence-corrected chi connectivity index (χ2v) is 8.70. The molecule has 3 aromatic rings. The van der Waals surface area contributed by atoms with Crippen molar-refractivity contribution in [3.05, 3.63) is 42.7 Å². The van der Waals surface area contributed by atoms with E-state index in [1.54, 1.807) is 6.33 Å². The zero-order valence-electron chi connectivity index (χ0n) is 18.3. The Morgan fingerprint density at radius 1 is 1.19 bits per heavy atom. The molecule has 1 fully saturated rings. The molecule has 3 N–H and O–H groups in total. The van der Waals surface area contributed by atoms with Gasteiger partial charge in [0.15, 0.2) is 17.3 Å². The van der Waals surface area contributed by atoms with Crippen LogP contribution in [0.1, 0.15) is 13.8 Å². The number of nitrogens with zero attached hydrogens (tertiary/aromatic N) is 4. The maximum atomic E-state index is 12.4. The minimum absolute atomic E-state index is 0.00108. The summed E-state index contributed by atoms with van der Waals surface area (Å²) in [7, 11) is 0. The third kappa shape index (κ3) is 4.16. The lowest BCUT2D eigenvalue weighted by atomic mass is 9.94. The Morgan fingerprint density at radius 2 is 1.97 bits per heavy atom. The van der Waals surface area contributed by atoms with E-state index in [0.29, 0.717) is 23.8 Å². The monoisotopic (exact) mass is 433 g/mol. The Bertz CT molecular complexity index is 1150. The third-order valence-corrected chi connectivity index (χ3v) is 5.80. The number of imidazole rings is 1. The molecule has 1 atom stereocenters. The van der Waals surface area contributed by atoms with E-state index in [-0.39, 0.29) is 17.4 Å². The Balaban J connectivity index is 1.38. The number of carbonyl (C=O) groups excluding carboxylic acids is 1. The van der Waals surface area contributed by atoms with Crippen LogP contribution in [0.3, 0.4) is 0 Å². The van der Waals surface area contributed by atoms with E-state index >= 15 is 0 Å². The number of nitrogens with one attached hydrogen (secondary N) is 3. The second kappa shape index (κ2) is 8.23. The van der Waals surface area contributed by atoms with Crippen LogP contribution < -0.4 is 15.5 Å². The SMILES string of the molecule is CC1(C)C=CC(CNc2nc(-c3ccc(N4CCOCC4)cc3)nc3nc[nH]c23)C(=O)N1. The van der Waals surface area contributed by atoms with Crippen LogP contribution in [0.5, 0.6) is 0 Å². The fraction of sp³-hybridized carbons (Fsp3) is 0.391. The highest BCUT2D eigenvalue weighted by molar-refractivity contribution is 5.86. The van der Waals surface area contributed by atoms with Gasteiger partial charge in [-0.2, -0.15) is 0 Å². The van der Waals surface area contributed by atoms with E-state index in [0.717, 1.165) is 43.1 Å². The molecule has 4 heterocycles. The summed E-state index contributed by atoms with van der Waals surface area (Å²) in [6, 6.07) is 8.24. The molecule has 32 heavy (non-hydrogen) atoms. The summed E-state index contributed by atoms with van der Waals surface area (Å²) in [5.41, 5.74) is 3.06. The van der Waals surface area contributed by atoms with Crippen molar-refractivity contribution in [1.29, 1.82) is 0 Å². The summed E-state index contributed by atoms with van der Waals surface area (Å²) < 4.78 is 5.44. The first-order chi connectivity index (χ1) is 15.5. The molecule has 1 amide bonds. The van der Waals surface area contributed by atoms with Gasteiger partial charge in [-0.15, -0.1) is 0 Å². The molecule has 2 aliphatic heterocycles. The van der Waals surface area contributed by atoms with Gasteiger partial charge in [0.25, 0.3) is 0 Å². The average Bonchev–Trinajstić information content (AvgIpc) is 3.27. The van der Waals surface area contributed by atoms with E-state index < -0.39 is 0 Å². The van der Waals surface area contributed by atoms with Crippen molar-refractivity contribution in [2.24, 2.45) is 5.92 Å². The highest BCUT2D eigenvalue weighted by Gasteiger charge is 2.27. The Morgan fingerprint density at radius 3 is 2.72 bits per heavy atom. The quantitative estimate of drug-likeness (QED) is 0.530. The van der Waals surface area contributed by atoms with Crippen molar-refractivity contribution in [2.45, 2.75) is 19.4 Å². The molecular weight excluding hydrogens is 406 g/mol. The number of aromatic nitrogens is 4. The topological polar surface area (TPSA) is 108 Å². The van der Waals surface area contributed by atoms with Crippen molar-refractivity contribution in [2.75, 3.05) is 43.1 Å². The highest BCUT2D eigenvalue weighted by Crippen LogP contribution is 2.26. The fourth-order valence-corrected chi connectivity index (χ4v) is 4.00. The molecule has 1 saturated heterocycles. The largest absolute Gasteiger partial charge is 0.378 e. The Kier molecular flexibility index (Phi) is 5.26. The van der Waals surface area contributed by atoms with Crippen molar-refractivity contribution in [3.63, 3.8) is 0 Å². The van der Waals surface area contributed by atoms with Crippen molar-refractivity contribution >= 4 is 28.6 Å². The smallest absolute Gasteiger partial charge is 0.229 e. The van der Waals surface area contributed by atoms with Gasteiger partial charge in [0, 0.05) is 30.9 Å². The number of rotatable bonds is 5. The van der Waals surface area contributed by atoms with E-state index in [1.807, 2.05) is 38.1 Å². The molecule has 2 aliphatic rings. The minimum Gasteiger partial charge on any atom is -0.378 e. The first-order valence-electron chi connectivity index (χ1n) is 10.9. The number of benzene rings is 1. The van der Waals surface area contributed by atoms with Crippen molar-refractivity contribution in [3.8, 4) is 11.4 Å². The number of H-pyrrole nitrogens is 1. The van der Waals surface area contributed by atoms with Gasteiger partial charge < -0.3 is 25.3 Å². The molecule has 166 valence electrons. The standard InChI is InChI=1S/C23H27N7O2/c1-23(2)8-7-16(22(31)29-23)13-24-20-18-21(26-14-25-18)28-19(27-20)15-3-5-17(6-4-15)30-9-11-32-12-10-30/h3-8,14,16H,9-13H2,1-2H3,(H,29,31)(H2,24,25,26,27,28). The van der Waals surface area contributed by atoms with Crippen LogP contribution in [0.4, 0.5) is 11.5 Å². The third-order valence-electron chi connectivity index (χ3n) is 5.80. The summed E-state index contributed by atoms with van der Waals surface area (Å²) >= 11 is 0. The van der Waals surface area contributed by atoms with E-state index in [4.69, 9.17) is 9.72 Å². The number of fused-ring (bicyclic) bond motifs is 1. The number of amides is 1. The van der Waals surface area contributed by atoms with Crippen LogP contribution in [-0.4, -0.2) is 64.2 Å². The minimum atomic E-state index is -0.320. The first kappa shape index (κ1) is 20.4. The molecule has 0 aliphatic carbocycles. The summed E-state index contributed by atoms with van der Waals surface area (Å²) in [5.74, 6) is 0.947. The van der Waals surface area contributed by atoms with Gasteiger partial charge in [-0.1, -0.05) is 12.2 Å². The Labute approximate surface area is 186 Å². The van der Waals surface area contributed by atoms with Gasteiger partial charge in [0.1, 0.15) is 5.52 Å². The second-order valence-electron chi connectivity index (χ2n) is 8.70. The van der Waals surface area contributed by atoms with Crippen LogP contribution in [-0.2, 0) is 9.53 Å². The van der Waals surface area contributed by atoms with Crippen LogP contribution >= 0.6 is 0 Å². The van der Waals surface area contributed by atoms with Gasteiger partial charge in [-0.3, -0.25) is 4.79 Å². The molecule has 1 aromatic carbocycles. The number of hydrogen-bond donors (Lipinski definition) is 3. The van der Waals surface area contributed by atoms with Gasteiger partial charge in [0.05, 0.1) is 31.0 Å². The van der Waals surface area contributed by atoms with Gasteiger partial charge in [-0.25, -0.2) is 15.0 Å². The van der Waals surface area contributed by atoms with Crippen molar-refractivity contribution in [1.82, 2.24) is 25.3 Å². The normalized spacial score (nSPS) is 20.4. The number of hydrogen-bond acceptors (Lipinski definition) is 7. The lowest BCUT2D eigenvalue weighted by molar-refractivity contribution is -0.124. The summed E-state index contributed by atoms with van der Waals surface area (Å²) in [5, 5.41) is 6.33. The first-order valence-corrected chi connectivity index (χ1v) is 10.9. The number of morpholine rings is 1. The van der Waals surface area contributed by atoms with Crippen LogP contribution in [0, 0.1) is 5.92 Å². The molecule has 9 nitrogen and oxygen atoms in total. The number of aromatic amines is 1. The van der Waals surface area contributed by atoms with Crippen LogP contribution in [0.2, 0.25) is 0 Å². The zero-order valence-corrected chi connectivity index (χ0v) is 18.3. The lowest BCUT2D eigenvalue weighted by Crippen LogP contribution is -2.49. The molecular formula is C23H27N7O2. The Hall–Kier alpha value is -3.46. The van der Waals surface area contributed by atoms with E-state index in [2.05, 4.69) is 42.6 Å². The molecule has 5 rings (SSSR count). The molecule has 0 spiro atoms. The van der Waals surface area contributed by atoms with Gasteiger partial charge in [-0.05, 0) is 38.1 Å². The molecule has 2 aromatic heterocycles. The highest BCUT2D eigenvalue weighted by atomic mass is 16.5. The molecule has 1 unspecified atom stereocenters. The summed E-state index contributed by atoms with van der Waals surface area (Å²) in [6.45, 7) is 7.66. The van der Waals surface area contributed by atoms with Gasteiger partial charge >= 0.3 is 0 Å². The predicted molar refractivity (Wildman–Crippen MR) is 123 cm³/mol. The van der Waals surface area contributed by atoms with Gasteiger partial charge in [0.2, 0.25) is 5.91 Å². The predicted octanol–water partition coefficient (Wildman–Crippen LogP) is 2.35. The maximum Gasteiger partial charge on any atom is 0.229 e. The maximum absolute atomic E-state index is 12.4. The number of ether oxygens (including phenoxy) is 1. The van der Waals surface area contributed by atoms with Crippen LogP contribution in [0.25, 0.3) is 22.6 Å². The van der Waals surface area contributed by atoms with E-state index in [1.165, 1.54) is 0 Å². The van der Waals surface area contributed by atoms with Crippen molar-refractivity contribution < 1.29 is 9.53 Å². The molecule has 0 bridgehead atoms. The fourth-order valence-electron chi connectivity index (χ4n) is 4.00. The zero-order chi connectivity index (χ0) is 22.1. The molecule has 0 saturated carbocycles. The lowest BCUT2D eigenvalue weighted by Gasteiger charge is -2.30. The number of carbonyl (C=O) groups is 1.